The van der Waals surface area contributed by atoms with Gasteiger partial charge in [0.1, 0.15) is 17.0 Å². The zero-order valence-electron chi connectivity index (χ0n) is 7.71. The minimum atomic E-state index is -0.624. The maximum absolute atomic E-state index is 13.4. The van der Waals surface area contributed by atoms with Gasteiger partial charge >= 0.3 is 5.97 Å². The first-order chi connectivity index (χ1) is 7.15. The highest BCUT2D eigenvalue weighted by molar-refractivity contribution is 9.10. The molecule has 0 N–H and O–H groups in total. The molecule has 0 amide bonds. The minimum absolute atomic E-state index is 0.0817. The summed E-state index contributed by atoms with van der Waals surface area (Å²) in [7, 11) is 1.23. The maximum atomic E-state index is 13.4. The number of esters is 1. The highest BCUT2D eigenvalue weighted by Gasteiger charge is 2.18. The van der Waals surface area contributed by atoms with Gasteiger partial charge in [-0.15, -0.1) is 0 Å². The van der Waals surface area contributed by atoms with E-state index in [1.54, 1.807) is 6.07 Å². The Morgan fingerprint density at radius 2 is 2.33 bits per heavy atom. The van der Waals surface area contributed by atoms with Crippen LogP contribution in [0.25, 0.3) is 11.0 Å². The number of carbonyl (C=O) groups excluding carboxylic acids is 1. The summed E-state index contributed by atoms with van der Waals surface area (Å²) in [6.45, 7) is 0. The molecule has 2 rings (SSSR count). The molecule has 0 aliphatic heterocycles. The number of ether oxygens (including phenoxy) is 1. The normalized spacial score (nSPS) is 10.6. The molecule has 1 aromatic carbocycles. The molecular formula is C10H6BrFO3. The number of carbonyl (C=O) groups is 1. The zero-order chi connectivity index (χ0) is 11.0. The standard InChI is InChI=1S/C10H6BrFO3/c1-14-10(13)6-4-7(12)8(11)5-2-3-15-9(5)6/h2-4H,1H3. The molecule has 0 unspecified atom stereocenters. The topological polar surface area (TPSA) is 39.4 Å². The molecule has 0 fully saturated rings. The van der Waals surface area contributed by atoms with Crippen LogP contribution in [0.3, 0.4) is 0 Å². The van der Waals surface area contributed by atoms with E-state index in [4.69, 9.17) is 4.42 Å². The second kappa shape index (κ2) is 3.66. The van der Waals surface area contributed by atoms with Crippen LogP contribution in [-0.2, 0) is 4.74 Å². The highest BCUT2D eigenvalue weighted by Crippen LogP contribution is 2.30. The third kappa shape index (κ3) is 1.52. The molecule has 1 heterocycles. The lowest BCUT2D eigenvalue weighted by molar-refractivity contribution is 0.0601. The van der Waals surface area contributed by atoms with Crippen molar-refractivity contribution in [3.05, 3.63) is 34.2 Å². The largest absolute Gasteiger partial charge is 0.465 e. The summed E-state index contributed by atoms with van der Waals surface area (Å²) in [5, 5.41) is 0.510. The smallest absolute Gasteiger partial charge is 0.341 e. The van der Waals surface area contributed by atoms with Gasteiger partial charge in [0.2, 0.25) is 0 Å². The molecule has 0 aliphatic carbocycles. The average molecular weight is 273 g/mol. The van der Waals surface area contributed by atoms with Crippen molar-refractivity contribution in [2.45, 2.75) is 0 Å². The van der Waals surface area contributed by atoms with Crippen molar-refractivity contribution in [3.8, 4) is 0 Å². The van der Waals surface area contributed by atoms with Crippen LogP contribution in [0.5, 0.6) is 0 Å². The quantitative estimate of drug-likeness (QED) is 0.749. The van der Waals surface area contributed by atoms with Gasteiger partial charge in [-0.3, -0.25) is 0 Å². The lowest BCUT2D eigenvalue weighted by Crippen LogP contribution is -2.02. The first kappa shape index (κ1) is 10.2. The predicted octanol–water partition coefficient (Wildman–Crippen LogP) is 3.12. The second-order valence-electron chi connectivity index (χ2n) is 2.87. The Bertz CT molecular complexity index is 533. The highest BCUT2D eigenvalue weighted by atomic mass is 79.9. The molecular weight excluding hydrogens is 267 g/mol. The molecule has 0 atom stereocenters. The van der Waals surface area contributed by atoms with Crippen LogP contribution in [0, 0.1) is 5.82 Å². The number of benzene rings is 1. The van der Waals surface area contributed by atoms with Crippen LogP contribution >= 0.6 is 15.9 Å². The molecule has 78 valence electrons. The van der Waals surface area contributed by atoms with Crippen LogP contribution in [0.1, 0.15) is 10.4 Å². The molecule has 0 radical (unpaired) electrons. The summed E-state index contributed by atoms with van der Waals surface area (Å²) >= 11 is 3.08. The van der Waals surface area contributed by atoms with Gasteiger partial charge in [0.25, 0.3) is 0 Å². The minimum Gasteiger partial charge on any atom is -0.465 e. The van der Waals surface area contributed by atoms with Crippen molar-refractivity contribution in [2.75, 3.05) is 7.11 Å². The van der Waals surface area contributed by atoms with Crippen molar-refractivity contribution in [1.29, 1.82) is 0 Å². The van der Waals surface area contributed by atoms with Crippen molar-refractivity contribution in [1.82, 2.24) is 0 Å². The van der Waals surface area contributed by atoms with E-state index in [1.165, 1.54) is 13.4 Å². The summed E-state index contributed by atoms with van der Waals surface area (Å²) < 4.78 is 23.3. The first-order valence-electron chi connectivity index (χ1n) is 4.08. The van der Waals surface area contributed by atoms with Gasteiger partial charge < -0.3 is 9.15 Å². The molecule has 5 heteroatoms. The van der Waals surface area contributed by atoms with E-state index < -0.39 is 11.8 Å². The Kier molecular flexibility index (Phi) is 2.48. The van der Waals surface area contributed by atoms with Gasteiger partial charge in [-0.2, -0.15) is 0 Å². The molecule has 0 bridgehead atoms. The van der Waals surface area contributed by atoms with Gasteiger partial charge in [0.15, 0.2) is 0 Å². The average Bonchev–Trinajstić information content (AvgIpc) is 2.71. The molecule has 2 aromatic rings. The Morgan fingerprint density at radius 1 is 1.60 bits per heavy atom. The fourth-order valence-electron chi connectivity index (χ4n) is 1.34. The monoisotopic (exact) mass is 272 g/mol. The third-order valence-electron chi connectivity index (χ3n) is 2.03. The molecule has 0 saturated heterocycles. The number of fused-ring (bicyclic) bond motifs is 1. The molecule has 1 aromatic heterocycles. The van der Waals surface area contributed by atoms with E-state index in [0.717, 1.165) is 6.07 Å². The Balaban J connectivity index is 2.80. The summed E-state index contributed by atoms with van der Waals surface area (Å²) in [5.74, 6) is -1.15. The summed E-state index contributed by atoms with van der Waals surface area (Å²) in [6, 6.07) is 2.66. The summed E-state index contributed by atoms with van der Waals surface area (Å²) in [4.78, 5) is 11.3. The van der Waals surface area contributed by atoms with E-state index in [9.17, 15) is 9.18 Å². The van der Waals surface area contributed by atoms with Crippen LogP contribution in [0.2, 0.25) is 0 Å². The summed E-state index contributed by atoms with van der Waals surface area (Å²) in [5.41, 5.74) is 0.397. The van der Waals surface area contributed by atoms with E-state index in [1.807, 2.05) is 0 Å². The van der Waals surface area contributed by atoms with E-state index in [0.29, 0.717) is 11.0 Å². The SMILES string of the molecule is COC(=O)c1cc(F)c(Br)c2ccoc12. The Hall–Kier alpha value is -1.36. The predicted molar refractivity (Wildman–Crippen MR) is 55.2 cm³/mol. The lowest BCUT2D eigenvalue weighted by atomic mass is 10.1. The number of hydrogen-bond acceptors (Lipinski definition) is 3. The van der Waals surface area contributed by atoms with Crippen molar-refractivity contribution in [3.63, 3.8) is 0 Å². The van der Waals surface area contributed by atoms with E-state index >= 15 is 0 Å². The molecule has 3 nitrogen and oxygen atoms in total. The number of furan rings is 1. The second-order valence-corrected chi connectivity index (χ2v) is 3.67. The van der Waals surface area contributed by atoms with Crippen LogP contribution < -0.4 is 0 Å². The van der Waals surface area contributed by atoms with Crippen LogP contribution in [-0.4, -0.2) is 13.1 Å². The third-order valence-corrected chi connectivity index (χ3v) is 2.84. The van der Waals surface area contributed by atoms with Gasteiger partial charge in [0, 0.05) is 5.39 Å². The fraction of sp³-hybridized carbons (Fsp3) is 0.100. The number of hydrogen-bond donors (Lipinski definition) is 0. The van der Waals surface area contributed by atoms with Crippen LogP contribution in [0.15, 0.2) is 27.3 Å². The van der Waals surface area contributed by atoms with Crippen molar-refractivity contribution >= 4 is 32.9 Å². The lowest BCUT2D eigenvalue weighted by Gasteiger charge is -2.02. The van der Waals surface area contributed by atoms with Gasteiger partial charge in [0.05, 0.1) is 17.8 Å². The van der Waals surface area contributed by atoms with Gasteiger partial charge in [-0.05, 0) is 28.1 Å². The Morgan fingerprint density at radius 3 is 3.00 bits per heavy atom. The van der Waals surface area contributed by atoms with E-state index in [2.05, 4.69) is 20.7 Å². The molecule has 0 saturated carbocycles. The summed E-state index contributed by atoms with van der Waals surface area (Å²) in [6.07, 6.45) is 1.39. The molecule has 0 aliphatic rings. The molecule has 0 spiro atoms. The maximum Gasteiger partial charge on any atom is 0.341 e. The Labute approximate surface area is 92.9 Å². The van der Waals surface area contributed by atoms with E-state index in [-0.39, 0.29) is 10.0 Å². The van der Waals surface area contributed by atoms with Crippen LogP contribution in [0.4, 0.5) is 4.39 Å². The number of rotatable bonds is 1. The van der Waals surface area contributed by atoms with Crippen molar-refractivity contribution in [2.24, 2.45) is 0 Å². The van der Waals surface area contributed by atoms with Gasteiger partial charge in [-0.1, -0.05) is 0 Å². The number of methoxy groups -OCH3 is 1. The first-order valence-corrected chi connectivity index (χ1v) is 4.88. The van der Waals surface area contributed by atoms with Crippen molar-refractivity contribution < 1.29 is 18.3 Å². The fourth-order valence-corrected chi connectivity index (χ4v) is 1.76. The zero-order valence-corrected chi connectivity index (χ0v) is 9.30. The number of halogens is 2. The molecule has 15 heavy (non-hydrogen) atoms. The van der Waals surface area contributed by atoms with Gasteiger partial charge in [-0.25, -0.2) is 9.18 Å².